The number of carbonyl (C=O) groups is 1. The fraction of sp³-hybridized carbons (Fsp3) is 0.476. The number of hydrogen-bond donors (Lipinski definition) is 2. The van der Waals surface area contributed by atoms with E-state index < -0.39 is 12.3 Å². The Balaban J connectivity index is 1.51. The van der Waals surface area contributed by atoms with E-state index in [1.807, 2.05) is 0 Å². The van der Waals surface area contributed by atoms with E-state index in [0.717, 1.165) is 44.5 Å². The van der Waals surface area contributed by atoms with Crippen molar-refractivity contribution in [2.24, 2.45) is 11.7 Å². The van der Waals surface area contributed by atoms with Crippen molar-refractivity contribution in [2.75, 3.05) is 18.4 Å². The smallest absolute Gasteiger partial charge is 0.406 e. The molecule has 0 bridgehead atoms. The van der Waals surface area contributed by atoms with Gasteiger partial charge in [-0.1, -0.05) is 0 Å². The fourth-order valence-corrected chi connectivity index (χ4v) is 4.34. The van der Waals surface area contributed by atoms with Crippen LogP contribution in [-0.4, -0.2) is 46.1 Å². The van der Waals surface area contributed by atoms with Crippen molar-refractivity contribution >= 4 is 17.4 Å². The number of benzene rings is 1. The highest BCUT2D eigenvalue weighted by Crippen LogP contribution is 2.38. The molecule has 2 aromatic rings. The monoisotopic (exact) mass is 448 g/mol. The molecule has 1 aliphatic carbocycles. The molecule has 1 unspecified atom stereocenters. The van der Waals surface area contributed by atoms with Gasteiger partial charge in [0.15, 0.2) is 5.82 Å². The number of anilines is 2. The molecule has 4 rings (SSSR count). The maximum Gasteiger partial charge on any atom is 0.573 e. The van der Waals surface area contributed by atoms with Crippen molar-refractivity contribution in [3.63, 3.8) is 0 Å². The van der Waals surface area contributed by atoms with Gasteiger partial charge in [0.25, 0.3) is 5.91 Å². The predicted octanol–water partition coefficient (Wildman–Crippen LogP) is 3.56. The lowest BCUT2D eigenvalue weighted by atomic mass is 9.81. The summed E-state index contributed by atoms with van der Waals surface area (Å²) in [4.78, 5) is 14.4. The molecule has 3 atom stereocenters. The van der Waals surface area contributed by atoms with E-state index in [9.17, 15) is 23.2 Å². The van der Waals surface area contributed by atoms with Crippen LogP contribution >= 0.6 is 0 Å². The van der Waals surface area contributed by atoms with Gasteiger partial charge in [0.05, 0.1) is 18.0 Å². The van der Waals surface area contributed by atoms with Crippen molar-refractivity contribution < 1.29 is 22.7 Å². The number of carbonyl (C=O) groups excluding carboxylic acids is 1. The number of rotatable bonds is 6. The molecule has 1 aliphatic heterocycles. The Morgan fingerprint density at radius 2 is 1.97 bits per heavy atom. The summed E-state index contributed by atoms with van der Waals surface area (Å²) < 4.78 is 42.5. The van der Waals surface area contributed by atoms with Crippen molar-refractivity contribution in [3.8, 4) is 11.8 Å². The van der Waals surface area contributed by atoms with Crippen LogP contribution in [0.4, 0.5) is 24.7 Å². The molecule has 0 radical (unpaired) electrons. The second kappa shape index (κ2) is 8.70. The number of amides is 1. The van der Waals surface area contributed by atoms with Gasteiger partial charge in [-0.2, -0.15) is 10.4 Å². The zero-order valence-corrected chi connectivity index (χ0v) is 17.2. The van der Waals surface area contributed by atoms with Crippen LogP contribution in [0.25, 0.3) is 0 Å². The number of hydrogen-bond acceptors (Lipinski definition) is 6. The number of ether oxygens (including phenoxy) is 1. The lowest BCUT2D eigenvalue weighted by Crippen LogP contribution is -2.48. The SMILES string of the molecule is N#C[C@H]1C[C@@H](N2CCC2)CCC1n1cc(C(N)=O)c(Nc2ccc(OC(F)(F)F)cc2)n1. The van der Waals surface area contributed by atoms with Crippen molar-refractivity contribution in [1.82, 2.24) is 14.7 Å². The third kappa shape index (κ3) is 4.80. The van der Waals surface area contributed by atoms with Crippen molar-refractivity contribution in [2.45, 2.75) is 44.1 Å². The van der Waals surface area contributed by atoms with Crippen LogP contribution in [0.1, 0.15) is 42.1 Å². The Morgan fingerprint density at radius 3 is 2.53 bits per heavy atom. The lowest BCUT2D eigenvalue weighted by molar-refractivity contribution is -0.274. The number of likely N-dealkylation sites (tertiary alicyclic amines) is 1. The number of alkyl halides is 3. The maximum atomic E-state index is 12.3. The summed E-state index contributed by atoms with van der Waals surface area (Å²) in [6.07, 6.45) is 0.386. The van der Waals surface area contributed by atoms with E-state index in [0.29, 0.717) is 11.7 Å². The third-order valence-corrected chi connectivity index (χ3v) is 6.05. The van der Waals surface area contributed by atoms with Gasteiger partial charge in [0.2, 0.25) is 0 Å². The minimum absolute atomic E-state index is 0.141. The highest BCUT2D eigenvalue weighted by Gasteiger charge is 2.37. The summed E-state index contributed by atoms with van der Waals surface area (Å²) in [5, 5.41) is 17.1. The molecule has 32 heavy (non-hydrogen) atoms. The molecule has 8 nitrogen and oxygen atoms in total. The Hall–Kier alpha value is -3.26. The first-order chi connectivity index (χ1) is 15.2. The Morgan fingerprint density at radius 1 is 1.25 bits per heavy atom. The number of nitrogens with two attached hydrogens (primary N) is 1. The molecule has 2 heterocycles. The fourth-order valence-electron chi connectivity index (χ4n) is 4.34. The van der Waals surface area contributed by atoms with Gasteiger partial charge in [0.1, 0.15) is 11.3 Å². The molecule has 2 fully saturated rings. The van der Waals surface area contributed by atoms with Gasteiger partial charge in [-0.05, 0) is 63.0 Å². The Kier molecular flexibility index (Phi) is 5.97. The highest BCUT2D eigenvalue weighted by molar-refractivity contribution is 5.98. The van der Waals surface area contributed by atoms with Crippen LogP contribution in [-0.2, 0) is 0 Å². The summed E-state index contributed by atoms with van der Waals surface area (Å²) in [7, 11) is 0. The first-order valence-electron chi connectivity index (χ1n) is 10.4. The van der Waals surface area contributed by atoms with E-state index in [-0.39, 0.29) is 29.1 Å². The van der Waals surface area contributed by atoms with Gasteiger partial charge in [-0.25, -0.2) is 0 Å². The zero-order valence-electron chi connectivity index (χ0n) is 17.2. The topological polar surface area (TPSA) is 109 Å². The number of primary amides is 1. The molecule has 1 aromatic carbocycles. The predicted molar refractivity (Wildman–Crippen MR) is 109 cm³/mol. The molecule has 1 amide bonds. The summed E-state index contributed by atoms with van der Waals surface area (Å²) in [5.74, 6) is -1.12. The highest BCUT2D eigenvalue weighted by atomic mass is 19.4. The number of aromatic nitrogens is 2. The Bertz CT molecular complexity index is 1010. The molecular weight excluding hydrogens is 425 g/mol. The standard InChI is InChI=1S/C21H23F3N6O2/c22-21(23,24)32-16-5-2-14(3-6-16)27-20-17(19(26)31)12-30(28-20)18-7-4-15(10-13(18)11-25)29-8-1-9-29/h2-3,5-6,12-13,15,18H,1,4,7-10H2,(H2,26,31)(H,27,28)/t13-,15+,18?/m1/s1. The summed E-state index contributed by atoms with van der Waals surface area (Å²) in [6.45, 7) is 2.14. The minimum Gasteiger partial charge on any atom is -0.406 e. The molecular formula is C21H23F3N6O2. The maximum absolute atomic E-state index is 12.3. The minimum atomic E-state index is -4.78. The van der Waals surface area contributed by atoms with Crippen LogP contribution < -0.4 is 15.8 Å². The van der Waals surface area contributed by atoms with Crippen LogP contribution in [0.2, 0.25) is 0 Å². The van der Waals surface area contributed by atoms with E-state index in [4.69, 9.17) is 5.73 Å². The van der Waals surface area contributed by atoms with E-state index in [1.165, 1.54) is 24.8 Å². The van der Waals surface area contributed by atoms with Crippen molar-refractivity contribution in [3.05, 3.63) is 36.0 Å². The summed E-state index contributed by atoms with van der Waals surface area (Å²) in [5.41, 5.74) is 6.06. The zero-order chi connectivity index (χ0) is 22.9. The number of nitrogens with zero attached hydrogens (tertiary/aromatic N) is 4. The van der Waals surface area contributed by atoms with Crippen LogP contribution in [0.5, 0.6) is 5.75 Å². The third-order valence-electron chi connectivity index (χ3n) is 6.05. The second-order valence-electron chi connectivity index (χ2n) is 8.09. The number of nitriles is 1. The molecule has 3 N–H and O–H groups in total. The van der Waals surface area contributed by atoms with Crippen molar-refractivity contribution in [1.29, 1.82) is 5.26 Å². The average Bonchev–Trinajstić information content (AvgIpc) is 3.11. The van der Waals surface area contributed by atoms with Gasteiger partial charge in [-0.3, -0.25) is 9.48 Å². The van der Waals surface area contributed by atoms with E-state index in [1.54, 1.807) is 4.68 Å². The van der Waals surface area contributed by atoms with Gasteiger partial charge < -0.3 is 20.7 Å². The average molecular weight is 448 g/mol. The largest absolute Gasteiger partial charge is 0.573 e. The summed E-state index contributed by atoms with van der Waals surface area (Å²) in [6, 6.07) is 7.65. The van der Waals surface area contributed by atoms with Gasteiger partial charge in [0, 0.05) is 17.9 Å². The summed E-state index contributed by atoms with van der Waals surface area (Å²) >= 11 is 0. The lowest BCUT2D eigenvalue weighted by Gasteiger charge is -2.43. The molecule has 170 valence electrons. The first kappa shape index (κ1) is 22.0. The van der Waals surface area contributed by atoms with Gasteiger partial charge >= 0.3 is 6.36 Å². The normalized spacial score (nSPS) is 23.8. The first-order valence-corrected chi connectivity index (χ1v) is 10.4. The van der Waals surface area contributed by atoms with Crippen LogP contribution in [0, 0.1) is 17.2 Å². The van der Waals surface area contributed by atoms with E-state index >= 15 is 0 Å². The number of nitrogens with one attached hydrogen (secondary N) is 1. The molecule has 11 heteroatoms. The Labute approximate surface area is 182 Å². The molecule has 1 aromatic heterocycles. The molecule has 1 saturated heterocycles. The van der Waals surface area contributed by atoms with E-state index in [2.05, 4.69) is 26.1 Å². The molecule has 2 aliphatic rings. The van der Waals surface area contributed by atoms with Crippen LogP contribution in [0.3, 0.4) is 0 Å². The number of halogens is 3. The molecule has 0 spiro atoms. The van der Waals surface area contributed by atoms with Crippen LogP contribution in [0.15, 0.2) is 30.5 Å². The quantitative estimate of drug-likeness (QED) is 0.699. The van der Waals surface area contributed by atoms with Gasteiger partial charge in [-0.15, -0.1) is 13.2 Å². The molecule has 1 saturated carbocycles. The second-order valence-corrected chi connectivity index (χ2v) is 8.09.